The molecule has 7 nitrogen and oxygen atoms in total. The Morgan fingerprint density at radius 1 is 1.12 bits per heavy atom. The average molecular weight is 349 g/mol. The van der Waals surface area contributed by atoms with Crippen molar-refractivity contribution in [3.05, 3.63) is 18.2 Å². The predicted octanol–water partition coefficient (Wildman–Crippen LogP) is 1.22. The molecule has 2 rings (SSSR count). The molecule has 0 unspecified atom stereocenters. The number of benzene rings is 1. The number of anilines is 1. The van der Waals surface area contributed by atoms with Crippen LogP contribution in [0.1, 0.15) is 13.8 Å². The van der Waals surface area contributed by atoms with Crippen LogP contribution in [0, 0.1) is 0 Å². The van der Waals surface area contributed by atoms with Crippen LogP contribution in [0.5, 0.6) is 11.5 Å². The summed E-state index contributed by atoms with van der Waals surface area (Å²) in [6.07, 6.45) is 0. The van der Waals surface area contributed by atoms with E-state index in [1.54, 1.807) is 25.3 Å². The maximum atomic E-state index is 12.7. The van der Waals surface area contributed by atoms with Crippen molar-refractivity contribution < 1.29 is 19.1 Å². The van der Waals surface area contributed by atoms with Gasteiger partial charge >= 0.3 is 0 Å². The molecular weight excluding hydrogens is 322 g/mol. The summed E-state index contributed by atoms with van der Waals surface area (Å²) in [5.41, 5.74) is 0.566. The molecular formula is C18H27N3O4. The molecule has 0 aliphatic carbocycles. The summed E-state index contributed by atoms with van der Waals surface area (Å²) in [5, 5.41) is 0. The number of piperazine rings is 1. The number of ether oxygens (including phenoxy) is 2. The lowest BCUT2D eigenvalue weighted by Crippen LogP contribution is -2.51. The Balaban J connectivity index is 2.14. The molecule has 1 aliphatic heterocycles. The third-order valence-corrected chi connectivity index (χ3v) is 4.52. The molecule has 1 fully saturated rings. The molecule has 0 atom stereocenters. The molecule has 0 saturated carbocycles. The summed E-state index contributed by atoms with van der Waals surface area (Å²) in [7, 11) is 3.10. The lowest BCUT2D eigenvalue weighted by atomic mass is 10.2. The van der Waals surface area contributed by atoms with E-state index in [0.29, 0.717) is 30.3 Å². The highest BCUT2D eigenvalue weighted by molar-refractivity contribution is 5.98. The van der Waals surface area contributed by atoms with Gasteiger partial charge in [-0.05, 0) is 18.7 Å². The van der Waals surface area contributed by atoms with Crippen LogP contribution in [0.2, 0.25) is 0 Å². The topological polar surface area (TPSA) is 62.3 Å². The summed E-state index contributed by atoms with van der Waals surface area (Å²) < 4.78 is 10.6. The maximum absolute atomic E-state index is 12.7. The first kappa shape index (κ1) is 19.1. The first-order valence-electron chi connectivity index (χ1n) is 8.50. The van der Waals surface area contributed by atoms with E-state index in [-0.39, 0.29) is 18.4 Å². The van der Waals surface area contributed by atoms with Crippen molar-refractivity contribution in [2.45, 2.75) is 13.8 Å². The van der Waals surface area contributed by atoms with E-state index in [9.17, 15) is 9.59 Å². The molecule has 1 aromatic carbocycles. The van der Waals surface area contributed by atoms with Crippen LogP contribution in [0.3, 0.4) is 0 Å². The number of likely N-dealkylation sites (N-methyl/N-ethyl adjacent to an activating group) is 1. The van der Waals surface area contributed by atoms with Gasteiger partial charge in [-0.25, -0.2) is 0 Å². The number of methoxy groups -OCH3 is 2. The highest BCUT2D eigenvalue weighted by Gasteiger charge is 2.25. The van der Waals surface area contributed by atoms with E-state index >= 15 is 0 Å². The van der Waals surface area contributed by atoms with Gasteiger partial charge in [-0.2, -0.15) is 0 Å². The van der Waals surface area contributed by atoms with Gasteiger partial charge in [-0.1, -0.05) is 6.92 Å². The zero-order valence-corrected chi connectivity index (χ0v) is 15.4. The van der Waals surface area contributed by atoms with Crippen LogP contribution in [0.4, 0.5) is 5.69 Å². The minimum atomic E-state index is -0.205. The molecule has 0 N–H and O–H groups in total. The van der Waals surface area contributed by atoms with E-state index in [1.165, 1.54) is 18.9 Å². The maximum Gasteiger partial charge on any atom is 0.242 e. The van der Waals surface area contributed by atoms with Gasteiger partial charge in [-0.15, -0.1) is 0 Å². The van der Waals surface area contributed by atoms with E-state index in [0.717, 1.165) is 19.6 Å². The fourth-order valence-corrected chi connectivity index (χ4v) is 2.92. The molecule has 25 heavy (non-hydrogen) atoms. The number of hydrogen-bond acceptors (Lipinski definition) is 5. The fraction of sp³-hybridized carbons (Fsp3) is 0.556. The summed E-state index contributed by atoms with van der Waals surface area (Å²) in [5.74, 6) is 0.872. The molecule has 0 spiro atoms. The molecule has 138 valence electrons. The number of carbonyl (C=O) groups is 2. The lowest BCUT2D eigenvalue weighted by Gasteiger charge is -2.35. The van der Waals surface area contributed by atoms with E-state index < -0.39 is 0 Å². The van der Waals surface area contributed by atoms with Gasteiger partial charge < -0.3 is 19.3 Å². The third-order valence-electron chi connectivity index (χ3n) is 4.52. The average Bonchev–Trinajstić information content (AvgIpc) is 2.65. The van der Waals surface area contributed by atoms with Crippen molar-refractivity contribution in [3.63, 3.8) is 0 Å². The molecule has 0 aromatic heterocycles. The van der Waals surface area contributed by atoms with Gasteiger partial charge in [0.15, 0.2) is 0 Å². The van der Waals surface area contributed by atoms with Crippen LogP contribution >= 0.6 is 0 Å². The molecule has 1 heterocycles. The van der Waals surface area contributed by atoms with Crippen LogP contribution < -0.4 is 14.4 Å². The smallest absolute Gasteiger partial charge is 0.242 e. The second-order valence-electron chi connectivity index (χ2n) is 5.96. The molecule has 1 aliphatic rings. The van der Waals surface area contributed by atoms with Gasteiger partial charge in [0, 0.05) is 39.2 Å². The van der Waals surface area contributed by atoms with Gasteiger partial charge in [0.25, 0.3) is 0 Å². The van der Waals surface area contributed by atoms with Gasteiger partial charge in [0.1, 0.15) is 18.0 Å². The molecule has 2 amide bonds. The molecule has 1 saturated heterocycles. The minimum Gasteiger partial charge on any atom is -0.497 e. The monoisotopic (exact) mass is 349 g/mol. The van der Waals surface area contributed by atoms with Crippen LogP contribution in [-0.2, 0) is 9.59 Å². The predicted molar refractivity (Wildman–Crippen MR) is 96.3 cm³/mol. The Kier molecular flexibility index (Phi) is 6.64. The summed E-state index contributed by atoms with van der Waals surface area (Å²) in [4.78, 5) is 30.4. The second-order valence-corrected chi connectivity index (χ2v) is 5.96. The molecule has 1 aromatic rings. The van der Waals surface area contributed by atoms with Crippen LogP contribution in [0.25, 0.3) is 0 Å². The van der Waals surface area contributed by atoms with Crippen molar-refractivity contribution in [2.75, 3.05) is 58.4 Å². The number of carbonyl (C=O) groups excluding carboxylic acids is 2. The van der Waals surface area contributed by atoms with Crippen LogP contribution in [0.15, 0.2) is 18.2 Å². The Bertz CT molecular complexity index is 612. The summed E-state index contributed by atoms with van der Waals surface area (Å²) >= 11 is 0. The van der Waals surface area contributed by atoms with E-state index in [2.05, 4.69) is 11.8 Å². The Morgan fingerprint density at radius 3 is 2.32 bits per heavy atom. The highest BCUT2D eigenvalue weighted by Crippen LogP contribution is 2.32. The van der Waals surface area contributed by atoms with Gasteiger partial charge in [-0.3, -0.25) is 14.5 Å². The molecule has 0 radical (unpaired) electrons. The molecule has 0 bridgehead atoms. The Morgan fingerprint density at radius 2 is 1.80 bits per heavy atom. The highest BCUT2D eigenvalue weighted by atomic mass is 16.5. The SMILES string of the molecule is CCN1CCN(C(=O)CN(C(C)=O)c2ccc(OC)cc2OC)CC1. The lowest BCUT2D eigenvalue weighted by molar-refractivity contribution is -0.132. The minimum absolute atomic E-state index is 0.00411. The van der Waals surface area contributed by atoms with Crippen molar-refractivity contribution >= 4 is 17.5 Å². The third kappa shape index (κ3) is 4.63. The zero-order chi connectivity index (χ0) is 18.4. The van der Waals surface area contributed by atoms with Crippen molar-refractivity contribution in [3.8, 4) is 11.5 Å². The standard InChI is InChI=1S/C18H27N3O4/c1-5-19-8-10-20(11-9-19)18(23)13-21(14(2)22)16-7-6-15(24-3)12-17(16)25-4/h6-7,12H,5,8-11,13H2,1-4H3. The number of hydrogen-bond donors (Lipinski definition) is 0. The fourth-order valence-electron chi connectivity index (χ4n) is 2.92. The quantitative estimate of drug-likeness (QED) is 0.773. The largest absolute Gasteiger partial charge is 0.497 e. The molecule has 7 heteroatoms. The Labute approximate surface area is 149 Å². The van der Waals surface area contributed by atoms with Crippen molar-refractivity contribution in [2.24, 2.45) is 0 Å². The number of nitrogens with zero attached hydrogens (tertiary/aromatic N) is 3. The van der Waals surface area contributed by atoms with Gasteiger partial charge in [0.05, 0.1) is 19.9 Å². The summed E-state index contributed by atoms with van der Waals surface area (Å²) in [6.45, 7) is 7.68. The van der Waals surface area contributed by atoms with E-state index in [4.69, 9.17) is 9.47 Å². The number of amides is 2. The first-order valence-corrected chi connectivity index (χ1v) is 8.50. The first-order chi connectivity index (χ1) is 12.0. The Hall–Kier alpha value is -2.28. The van der Waals surface area contributed by atoms with Crippen molar-refractivity contribution in [1.29, 1.82) is 0 Å². The number of rotatable bonds is 6. The normalized spacial score (nSPS) is 15.0. The second kappa shape index (κ2) is 8.71. The van der Waals surface area contributed by atoms with Crippen LogP contribution in [-0.4, -0.2) is 75.1 Å². The zero-order valence-electron chi connectivity index (χ0n) is 15.4. The van der Waals surface area contributed by atoms with Crippen molar-refractivity contribution in [1.82, 2.24) is 9.80 Å². The van der Waals surface area contributed by atoms with E-state index in [1.807, 2.05) is 4.90 Å². The van der Waals surface area contributed by atoms with Gasteiger partial charge in [0.2, 0.25) is 11.8 Å². The summed E-state index contributed by atoms with van der Waals surface area (Å²) in [6, 6.07) is 5.19.